The molecule has 0 radical (unpaired) electrons. The number of hydrogen-bond donors (Lipinski definition) is 1. The summed E-state index contributed by atoms with van der Waals surface area (Å²) in [7, 11) is 0. The highest BCUT2D eigenvalue weighted by molar-refractivity contribution is 5.96. The molecule has 1 aromatic heterocycles. The van der Waals surface area contributed by atoms with Gasteiger partial charge in [0, 0.05) is 12.6 Å². The van der Waals surface area contributed by atoms with Crippen LogP contribution in [0.25, 0.3) is 17.2 Å². The third-order valence-electron chi connectivity index (χ3n) is 5.03. The highest BCUT2D eigenvalue weighted by Crippen LogP contribution is 2.24. The molecule has 2 aromatic carbocycles. The second-order valence-corrected chi connectivity index (χ2v) is 7.29. The van der Waals surface area contributed by atoms with Gasteiger partial charge in [-0.3, -0.25) is 9.36 Å². The molecule has 6 nitrogen and oxygen atoms in total. The lowest BCUT2D eigenvalue weighted by molar-refractivity contribution is 0.0697. The zero-order chi connectivity index (χ0) is 22.4. The Morgan fingerprint density at radius 3 is 2.39 bits per heavy atom. The summed E-state index contributed by atoms with van der Waals surface area (Å²) in [6.07, 6.45) is 7.22. The number of hydrogen-bond acceptors (Lipinski definition) is 3. The fraction of sp³-hybridized carbons (Fsp3) is 0.240. The molecule has 0 aliphatic heterocycles. The number of imidazole rings is 1. The Kier molecular flexibility index (Phi) is 7.03. The molecule has 0 saturated heterocycles. The molecule has 0 aliphatic rings. The molecule has 0 atom stereocenters. The monoisotopic (exact) mass is 418 g/mol. The van der Waals surface area contributed by atoms with E-state index in [4.69, 9.17) is 0 Å². The van der Waals surface area contributed by atoms with E-state index in [-0.39, 0.29) is 17.2 Å². The van der Waals surface area contributed by atoms with Gasteiger partial charge < -0.3 is 5.11 Å². The first-order valence-electron chi connectivity index (χ1n) is 10.4. The summed E-state index contributed by atoms with van der Waals surface area (Å²) in [5.74, 6) is -1.19. The Bertz CT molecular complexity index is 1170. The zero-order valence-corrected chi connectivity index (χ0v) is 17.7. The van der Waals surface area contributed by atoms with Gasteiger partial charge in [-0.1, -0.05) is 62.4 Å². The molecule has 6 heteroatoms. The number of carboxylic acids is 1. The van der Waals surface area contributed by atoms with Gasteiger partial charge in [0.15, 0.2) is 0 Å². The SMILES string of the molecule is CCC=Cc1cn(C(=O)CCC)c(=O)n1Cc1ccc(-c2ccccc2C(=O)O)cc1. The fourth-order valence-electron chi connectivity index (χ4n) is 3.43. The molecular formula is C25H26N2O4. The number of benzene rings is 2. The molecular weight excluding hydrogens is 392 g/mol. The molecule has 1 heterocycles. The Hall–Kier alpha value is -3.67. The van der Waals surface area contributed by atoms with Gasteiger partial charge in [-0.25, -0.2) is 14.2 Å². The summed E-state index contributed by atoms with van der Waals surface area (Å²) in [6.45, 7) is 4.23. The Morgan fingerprint density at radius 2 is 1.74 bits per heavy atom. The van der Waals surface area contributed by atoms with E-state index in [0.29, 0.717) is 30.6 Å². The van der Waals surface area contributed by atoms with Crippen LogP contribution in [-0.2, 0) is 6.54 Å². The van der Waals surface area contributed by atoms with Crippen molar-refractivity contribution < 1.29 is 14.7 Å². The van der Waals surface area contributed by atoms with E-state index in [9.17, 15) is 19.5 Å². The molecule has 0 fully saturated rings. The first-order chi connectivity index (χ1) is 15.0. The molecule has 0 unspecified atom stereocenters. The maximum atomic E-state index is 12.9. The smallest absolute Gasteiger partial charge is 0.336 e. The predicted octanol–water partition coefficient (Wildman–Crippen LogP) is 4.93. The fourth-order valence-corrected chi connectivity index (χ4v) is 3.43. The van der Waals surface area contributed by atoms with Crippen LogP contribution in [0, 0.1) is 0 Å². The largest absolute Gasteiger partial charge is 0.478 e. The highest BCUT2D eigenvalue weighted by Gasteiger charge is 2.15. The number of aromatic carboxylic acids is 1. The minimum absolute atomic E-state index is 0.210. The molecule has 3 aromatic rings. The molecule has 0 bridgehead atoms. The zero-order valence-electron chi connectivity index (χ0n) is 17.7. The van der Waals surface area contributed by atoms with Crippen LogP contribution in [0.5, 0.6) is 0 Å². The molecule has 1 N–H and O–H groups in total. The summed E-state index contributed by atoms with van der Waals surface area (Å²) >= 11 is 0. The van der Waals surface area contributed by atoms with E-state index in [1.807, 2.05) is 50.3 Å². The third-order valence-corrected chi connectivity index (χ3v) is 5.03. The van der Waals surface area contributed by atoms with Crippen molar-refractivity contribution in [2.45, 2.75) is 39.7 Å². The summed E-state index contributed by atoms with van der Waals surface area (Å²) in [6, 6.07) is 14.3. The van der Waals surface area contributed by atoms with Gasteiger partial charge in [0.1, 0.15) is 0 Å². The average Bonchev–Trinajstić information content (AvgIpc) is 3.08. The minimum Gasteiger partial charge on any atom is -0.478 e. The van der Waals surface area contributed by atoms with Crippen LogP contribution in [0.3, 0.4) is 0 Å². The van der Waals surface area contributed by atoms with Crippen molar-refractivity contribution in [2.75, 3.05) is 0 Å². The number of rotatable bonds is 8. The number of carbonyl (C=O) groups is 2. The van der Waals surface area contributed by atoms with Gasteiger partial charge in [-0.2, -0.15) is 0 Å². The lowest BCUT2D eigenvalue weighted by Crippen LogP contribution is -2.29. The second kappa shape index (κ2) is 9.89. The van der Waals surface area contributed by atoms with Crippen molar-refractivity contribution in [1.82, 2.24) is 9.13 Å². The van der Waals surface area contributed by atoms with Gasteiger partial charge >= 0.3 is 11.7 Å². The van der Waals surface area contributed by atoms with Crippen molar-refractivity contribution in [3.05, 3.63) is 88.1 Å². The van der Waals surface area contributed by atoms with Gasteiger partial charge in [-0.15, -0.1) is 0 Å². The number of nitrogens with zero attached hydrogens (tertiary/aromatic N) is 2. The molecule has 160 valence electrons. The molecule has 0 amide bonds. The normalized spacial score (nSPS) is 11.2. The number of carbonyl (C=O) groups excluding carboxylic acids is 1. The van der Waals surface area contributed by atoms with Crippen molar-refractivity contribution >= 4 is 18.0 Å². The van der Waals surface area contributed by atoms with Crippen LogP contribution in [-0.4, -0.2) is 26.1 Å². The predicted molar refractivity (Wildman–Crippen MR) is 121 cm³/mol. The molecule has 31 heavy (non-hydrogen) atoms. The van der Waals surface area contributed by atoms with E-state index < -0.39 is 5.97 Å². The number of carboxylic acid groups (broad SMARTS) is 1. The van der Waals surface area contributed by atoms with Crippen LogP contribution in [0.1, 0.15) is 59.5 Å². The first-order valence-corrected chi connectivity index (χ1v) is 10.4. The molecule has 0 spiro atoms. The Morgan fingerprint density at radius 1 is 1.03 bits per heavy atom. The van der Waals surface area contributed by atoms with Crippen LogP contribution in [0.15, 0.2) is 65.6 Å². The second-order valence-electron chi connectivity index (χ2n) is 7.29. The van der Waals surface area contributed by atoms with Gasteiger partial charge in [0.2, 0.25) is 5.91 Å². The third kappa shape index (κ3) is 4.91. The topological polar surface area (TPSA) is 81.3 Å². The van der Waals surface area contributed by atoms with Crippen LogP contribution in [0.4, 0.5) is 0 Å². The number of aromatic nitrogens is 2. The van der Waals surface area contributed by atoms with Crippen molar-refractivity contribution in [3.8, 4) is 11.1 Å². The van der Waals surface area contributed by atoms with E-state index in [0.717, 1.165) is 17.5 Å². The average molecular weight is 418 g/mol. The van der Waals surface area contributed by atoms with E-state index >= 15 is 0 Å². The lowest BCUT2D eigenvalue weighted by atomic mass is 9.99. The Balaban J connectivity index is 1.94. The maximum Gasteiger partial charge on any atom is 0.336 e. The first kappa shape index (κ1) is 22.0. The maximum absolute atomic E-state index is 12.9. The lowest BCUT2D eigenvalue weighted by Gasteiger charge is -2.09. The number of allylic oxidation sites excluding steroid dienone is 1. The van der Waals surface area contributed by atoms with Crippen molar-refractivity contribution in [2.24, 2.45) is 0 Å². The summed E-state index contributed by atoms with van der Waals surface area (Å²) < 4.78 is 2.77. The molecule has 3 rings (SSSR count). The molecule has 0 saturated carbocycles. The minimum atomic E-state index is -0.975. The molecule has 0 aliphatic carbocycles. The Labute approximate surface area is 181 Å². The standard InChI is InChI=1S/C25H26N2O4/c1-3-5-9-20-17-27(23(28)8-4-2)25(31)26(20)16-18-12-14-19(15-13-18)21-10-6-7-11-22(21)24(29)30/h5-7,9-15,17H,3-4,8,16H2,1-2H3,(H,29,30). The van der Waals surface area contributed by atoms with Gasteiger partial charge in [-0.05, 0) is 41.7 Å². The van der Waals surface area contributed by atoms with Gasteiger partial charge in [0.25, 0.3) is 0 Å². The quantitative estimate of drug-likeness (QED) is 0.563. The van der Waals surface area contributed by atoms with Crippen molar-refractivity contribution in [1.29, 1.82) is 0 Å². The van der Waals surface area contributed by atoms with Crippen LogP contribution >= 0.6 is 0 Å². The van der Waals surface area contributed by atoms with Gasteiger partial charge in [0.05, 0.1) is 17.8 Å². The highest BCUT2D eigenvalue weighted by atomic mass is 16.4. The summed E-state index contributed by atoms with van der Waals surface area (Å²) in [5.41, 5.74) is 2.87. The summed E-state index contributed by atoms with van der Waals surface area (Å²) in [4.78, 5) is 36.7. The van der Waals surface area contributed by atoms with Crippen LogP contribution in [0.2, 0.25) is 0 Å². The van der Waals surface area contributed by atoms with Crippen molar-refractivity contribution in [3.63, 3.8) is 0 Å². The van der Waals surface area contributed by atoms with E-state index in [2.05, 4.69) is 0 Å². The van der Waals surface area contributed by atoms with E-state index in [1.54, 1.807) is 35.0 Å². The van der Waals surface area contributed by atoms with Crippen LogP contribution < -0.4 is 5.69 Å². The van der Waals surface area contributed by atoms with E-state index in [1.165, 1.54) is 4.57 Å². The summed E-state index contributed by atoms with van der Waals surface area (Å²) in [5, 5.41) is 9.42.